The summed E-state index contributed by atoms with van der Waals surface area (Å²) in [7, 11) is 0. The first-order valence-corrected chi connectivity index (χ1v) is 6.00. The summed E-state index contributed by atoms with van der Waals surface area (Å²) in [5.41, 5.74) is 1.05. The zero-order chi connectivity index (χ0) is 12.3. The fourth-order valence-electron chi connectivity index (χ4n) is 1.99. The van der Waals surface area contributed by atoms with Crippen molar-refractivity contribution in [3.63, 3.8) is 0 Å². The lowest BCUT2D eigenvalue weighted by molar-refractivity contribution is -0.147. The van der Waals surface area contributed by atoms with E-state index in [1.807, 2.05) is 30.3 Å². The maximum Gasteiger partial charge on any atom is 0.303 e. The van der Waals surface area contributed by atoms with Gasteiger partial charge < -0.3 is 9.47 Å². The molecule has 0 amide bonds. The summed E-state index contributed by atoms with van der Waals surface area (Å²) in [6.07, 6.45) is 0.999. The lowest BCUT2D eigenvalue weighted by Gasteiger charge is -2.20. The maximum atomic E-state index is 11.1. The molecule has 92 valence electrons. The van der Waals surface area contributed by atoms with Gasteiger partial charge in [-0.15, -0.1) is 0 Å². The molecule has 1 aromatic rings. The monoisotopic (exact) mass is 234 g/mol. The minimum absolute atomic E-state index is 0.159. The SMILES string of the molecule is CC(=O)OC(CC(C)C1CO1)c1ccccc1. The van der Waals surface area contributed by atoms with Crippen LogP contribution in [0.2, 0.25) is 0 Å². The van der Waals surface area contributed by atoms with Crippen molar-refractivity contribution in [2.45, 2.75) is 32.5 Å². The van der Waals surface area contributed by atoms with Crippen LogP contribution in [-0.2, 0) is 14.3 Å². The molecule has 1 aliphatic rings. The van der Waals surface area contributed by atoms with Gasteiger partial charge >= 0.3 is 5.97 Å². The largest absolute Gasteiger partial charge is 0.458 e. The zero-order valence-electron chi connectivity index (χ0n) is 10.3. The number of hydrogen-bond donors (Lipinski definition) is 0. The lowest BCUT2D eigenvalue weighted by Crippen LogP contribution is -2.15. The molecule has 0 radical (unpaired) electrons. The molecule has 0 spiro atoms. The molecule has 0 N–H and O–H groups in total. The molecular weight excluding hydrogens is 216 g/mol. The Morgan fingerprint density at radius 3 is 2.65 bits per heavy atom. The van der Waals surface area contributed by atoms with Crippen molar-refractivity contribution in [3.05, 3.63) is 35.9 Å². The highest BCUT2D eigenvalue weighted by molar-refractivity contribution is 5.66. The molecule has 17 heavy (non-hydrogen) atoms. The molecule has 0 aliphatic carbocycles. The highest BCUT2D eigenvalue weighted by Crippen LogP contribution is 2.31. The molecule has 1 fully saturated rings. The molecule has 0 saturated carbocycles. The molecule has 1 heterocycles. The van der Waals surface area contributed by atoms with Gasteiger partial charge in [0.25, 0.3) is 0 Å². The Bertz CT molecular complexity index is 370. The second-order valence-corrected chi connectivity index (χ2v) is 4.59. The molecule has 3 nitrogen and oxygen atoms in total. The normalized spacial score (nSPS) is 21.6. The Morgan fingerprint density at radius 1 is 1.47 bits per heavy atom. The van der Waals surface area contributed by atoms with Gasteiger partial charge in [0, 0.05) is 6.92 Å². The van der Waals surface area contributed by atoms with Crippen LogP contribution in [0, 0.1) is 5.92 Å². The van der Waals surface area contributed by atoms with E-state index < -0.39 is 0 Å². The number of carbonyl (C=O) groups is 1. The molecule has 3 unspecified atom stereocenters. The predicted octanol–water partition coefficient (Wildman–Crippen LogP) is 2.72. The van der Waals surface area contributed by atoms with Crippen LogP contribution < -0.4 is 0 Å². The van der Waals surface area contributed by atoms with Crippen LogP contribution in [0.1, 0.15) is 31.9 Å². The van der Waals surface area contributed by atoms with Gasteiger partial charge in [-0.1, -0.05) is 37.3 Å². The van der Waals surface area contributed by atoms with Gasteiger partial charge in [-0.3, -0.25) is 4.79 Å². The molecule has 2 rings (SSSR count). The van der Waals surface area contributed by atoms with Crippen molar-refractivity contribution < 1.29 is 14.3 Å². The van der Waals surface area contributed by atoms with Crippen LogP contribution in [0.4, 0.5) is 0 Å². The highest BCUT2D eigenvalue weighted by atomic mass is 16.6. The number of ether oxygens (including phenoxy) is 2. The highest BCUT2D eigenvalue weighted by Gasteiger charge is 2.32. The Balaban J connectivity index is 2.04. The summed E-state index contributed by atoms with van der Waals surface area (Å²) in [4.78, 5) is 11.1. The van der Waals surface area contributed by atoms with Gasteiger partial charge in [-0.2, -0.15) is 0 Å². The third kappa shape index (κ3) is 3.56. The number of esters is 1. The zero-order valence-corrected chi connectivity index (χ0v) is 10.3. The molecule has 3 heteroatoms. The van der Waals surface area contributed by atoms with Crippen molar-refractivity contribution in [3.8, 4) is 0 Å². The molecule has 0 aromatic heterocycles. The van der Waals surface area contributed by atoms with Gasteiger partial charge in [-0.25, -0.2) is 0 Å². The topological polar surface area (TPSA) is 38.8 Å². The first kappa shape index (κ1) is 12.1. The van der Waals surface area contributed by atoms with Crippen LogP contribution in [-0.4, -0.2) is 18.7 Å². The van der Waals surface area contributed by atoms with Gasteiger partial charge in [0.1, 0.15) is 6.10 Å². The minimum atomic E-state index is -0.234. The molecule has 0 bridgehead atoms. The van der Waals surface area contributed by atoms with Crippen LogP contribution in [0.5, 0.6) is 0 Å². The number of hydrogen-bond acceptors (Lipinski definition) is 3. The summed E-state index contributed by atoms with van der Waals surface area (Å²) in [5.74, 6) is 0.183. The summed E-state index contributed by atoms with van der Waals surface area (Å²) in [6.45, 7) is 4.42. The van der Waals surface area contributed by atoms with Crippen molar-refractivity contribution >= 4 is 5.97 Å². The summed E-state index contributed by atoms with van der Waals surface area (Å²) in [5, 5.41) is 0. The molecule has 1 aromatic carbocycles. The number of benzene rings is 1. The Labute approximate surface area is 102 Å². The lowest BCUT2D eigenvalue weighted by atomic mass is 9.96. The van der Waals surface area contributed by atoms with Crippen molar-refractivity contribution in [1.82, 2.24) is 0 Å². The van der Waals surface area contributed by atoms with Crippen LogP contribution in [0.3, 0.4) is 0 Å². The first-order valence-electron chi connectivity index (χ1n) is 6.00. The Hall–Kier alpha value is -1.35. The average Bonchev–Trinajstić information content (AvgIpc) is 3.12. The summed E-state index contributed by atoms with van der Waals surface area (Å²) < 4.78 is 10.7. The van der Waals surface area contributed by atoms with E-state index in [9.17, 15) is 4.79 Å². The van der Waals surface area contributed by atoms with E-state index in [2.05, 4.69) is 6.92 Å². The number of epoxide rings is 1. The van der Waals surface area contributed by atoms with Crippen molar-refractivity contribution in [2.75, 3.05) is 6.61 Å². The number of rotatable bonds is 5. The van der Waals surface area contributed by atoms with Crippen molar-refractivity contribution in [2.24, 2.45) is 5.92 Å². The van der Waals surface area contributed by atoms with E-state index in [0.29, 0.717) is 12.0 Å². The van der Waals surface area contributed by atoms with E-state index in [-0.39, 0.29) is 12.1 Å². The van der Waals surface area contributed by atoms with Crippen LogP contribution in [0.15, 0.2) is 30.3 Å². The average molecular weight is 234 g/mol. The fraction of sp³-hybridized carbons (Fsp3) is 0.500. The first-order chi connectivity index (χ1) is 8.16. The van der Waals surface area contributed by atoms with Gasteiger partial charge in [0.05, 0.1) is 12.7 Å². The van der Waals surface area contributed by atoms with E-state index in [4.69, 9.17) is 9.47 Å². The molecule has 3 atom stereocenters. The van der Waals surface area contributed by atoms with Gasteiger partial charge in [0.2, 0.25) is 0 Å². The number of carbonyl (C=O) groups excluding carboxylic acids is 1. The smallest absolute Gasteiger partial charge is 0.303 e. The van der Waals surface area contributed by atoms with E-state index in [0.717, 1.165) is 18.6 Å². The predicted molar refractivity (Wildman–Crippen MR) is 64.5 cm³/mol. The minimum Gasteiger partial charge on any atom is -0.458 e. The molecular formula is C14H18O3. The third-order valence-corrected chi connectivity index (χ3v) is 3.06. The Kier molecular flexibility index (Phi) is 3.79. The second-order valence-electron chi connectivity index (χ2n) is 4.59. The van der Waals surface area contributed by atoms with E-state index >= 15 is 0 Å². The summed E-state index contributed by atoms with van der Waals surface area (Å²) in [6, 6.07) is 9.87. The molecule has 1 aliphatic heterocycles. The third-order valence-electron chi connectivity index (χ3n) is 3.06. The molecule has 1 saturated heterocycles. The van der Waals surface area contributed by atoms with E-state index in [1.165, 1.54) is 6.92 Å². The second kappa shape index (κ2) is 5.32. The Morgan fingerprint density at radius 2 is 2.12 bits per heavy atom. The van der Waals surface area contributed by atoms with Crippen LogP contribution in [0.25, 0.3) is 0 Å². The fourth-order valence-corrected chi connectivity index (χ4v) is 1.99. The van der Waals surface area contributed by atoms with Crippen molar-refractivity contribution in [1.29, 1.82) is 0 Å². The standard InChI is InChI=1S/C14H18O3/c1-10(14-9-16-14)8-13(17-11(2)15)12-6-4-3-5-7-12/h3-7,10,13-14H,8-9H2,1-2H3. The maximum absolute atomic E-state index is 11.1. The van der Waals surface area contributed by atoms with Gasteiger partial charge in [0.15, 0.2) is 0 Å². The quantitative estimate of drug-likeness (QED) is 0.581. The van der Waals surface area contributed by atoms with Crippen LogP contribution >= 0.6 is 0 Å². The van der Waals surface area contributed by atoms with E-state index in [1.54, 1.807) is 0 Å². The summed E-state index contributed by atoms with van der Waals surface area (Å²) >= 11 is 0. The van der Waals surface area contributed by atoms with Gasteiger partial charge in [-0.05, 0) is 17.9 Å².